The molecule has 2 aromatic carbocycles. The monoisotopic (exact) mass is 419 g/mol. The molecule has 0 spiro atoms. The van der Waals surface area contributed by atoms with Gasteiger partial charge in [-0.15, -0.1) is 0 Å². The van der Waals surface area contributed by atoms with E-state index in [0.29, 0.717) is 17.7 Å². The number of methoxy groups -OCH3 is 1. The largest absolute Gasteiger partial charge is 0.497 e. The molecule has 6 nitrogen and oxygen atoms in total. The molecule has 2 aromatic rings. The molecule has 0 radical (unpaired) electrons. The molecule has 0 aromatic heterocycles. The van der Waals surface area contributed by atoms with Crippen molar-refractivity contribution in [3.05, 3.63) is 65.7 Å². The Bertz CT molecular complexity index is 959. The van der Waals surface area contributed by atoms with E-state index < -0.39 is 23.7 Å². The lowest BCUT2D eigenvalue weighted by atomic mass is 10.1. The van der Waals surface area contributed by atoms with Gasteiger partial charge in [0.05, 0.1) is 7.11 Å². The molecular weight excluding hydrogens is 399 g/mol. The standard InChI is InChI=1S/C21H20F3N3O3/c1-3-13-27-17(14-7-5-4-6-8-14)25-20(19(27)29,21(22,23)24)26-18(28)15-9-11-16(30-2)12-10-15/h4-12H,3,13H2,1-2H3,(H,26,28)/t20-/m1/s1. The van der Waals surface area contributed by atoms with Crippen molar-refractivity contribution < 1.29 is 27.5 Å². The van der Waals surface area contributed by atoms with Gasteiger partial charge in [0.25, 0.3) is 11.8 Å². The van der Waals surface area contributed by atoms with Crippen molar-refractivity contribution in [2.45, 2.75) is 25.2 Å². The molecule has 1 aliphatic rings. The molecule has 2 amide bonds. The second-order valence-corrected chi connectivity index (χ2v) is 6.65. The summed E-state index contributed by atoms with van der Waals surface area (Å²) in [5.41, 5.74) is -3.11. The summed E-state index contributed by atoms with van der Waals surface area (Å²) in [7, 11) is 1.42. The Balaban J connectivity index is 2.06. The van der Waals surface area contributed by atoms with Gasteiger partial charge in [0.2, 0.25) is 0 Å². The number of rotatable bonds is 6. The highest BCUT2D eigenvalue weighted by atomic mass is 19.4. The Kier molecular flexibility index (Phi) is 5.82. The van der Waals surface area contributed by atoms with Crippen LogP contribution in [0.1, 0.15) is 29.3 Å². The zero-order valence-corrected chi connectivity index (χ0v) is 16.4. The number of hydrogen-bond donors (Lipinski definition) is 1. The van der Waals surface area contributed by atoms with Gasteiger partial charge < -0.3 is 10.1 Å². The lowest BCUT2D eigenvalue weighted by molar-refractivity contribution is -0.196. The molecule has 0 saturated heterocycles. The first-order valence-corrected chi connectivity index (χ1v) is 9.24. The number of alkyl halides is 3. The second-order valence-electron chi connectivity index (χ2n) is 6.65. The fourth-order valence-electron chi connectivity index (χ4n) is 3.11. The fourth-order valence-corrected chi connectivity index (χ4v) is 3.11. The molecule has 0 unspecified atom stereocenters. The van der Waals surface area contributed by atoms with Crippen LogP contribution in [0.5, 0.6) is 5.75 Å². The van der Waals surface area contributed by atoms with Crippen molar-refractivity contribution in [1.82, 2.24) is 10.2 Å². The van der Waals surface area contributed by atoms with E-state index in [1.54, 1.807) is 37.3 Å². The highest BCUT2D eigenvalue weighted by molar-refractivity contribution is 6.16. The minimum Gasteiger partial charge on any atom is -0.497 e. The Labute approximate surface area is 171 Å². The SMILES string of the molecule is CCCN1C(=O)[C@@](NC(=O)c2ccc(OC)cc2)(C(F)(F)F)N=C1c1ccccc1. The number of amides is 2. The molecule has 1 N–H and O–H groups in total. The highest BCUT2D eigenvalue weighted by Crippen LogP contribution is 2.38. The van der Waals surface area contributed by atoms with E-state index in [1.807, 2.05) is 5.32 Å². The number of carbonyl (C=O) groups excluding carboxylic acids is 2. The molecule has 0 fully saturated rings. The van der Waals surface area contributed by atoms with Crippen LogP contribution >= 0.6 is 0 Å². The van der Waals surface area contributed by atoms with Crippen LogP contribution in [0, 0.1) is 0 Å². The lowest BCUT2D eigenvalue weighted by Gasteiger charge is -2.29. The topological polar surface area (TPSA) is 71.0 Å². The summed E-state index contributed by atoms with van der Waals surface area (Å²) < 4.78 is 47.5. The van der Waals surface area contributed by atoms with E-state index in [9.17, 15) is 22.8 Å². The molecule has 1 heterocycles. The predicted molar refractivity (Wildman–Crippen MR) is 104 cm³/mol. The third-order valence-corrected chi connectivity index (χ3v) is 4.62. The maximum absolute atomic E-state index is 14.2. The van der Waals surface area contributed by atoms with Gasteiger partial charge in [-0.1, -0.05) is 37.3 Å². The van der Waals surface area contributed by atoms with Crippen LogP contribution in [0.4, 0.5) is 13.2 Å². The normalized spacial score (nSPS) is 18.9. The molecule has 9 heteroatoms. The van der Waals surface area contributed by atoms with E-state index in [-0.39, 0.29) is 17.9 Å². The predicted octanol–water partition coefficient (Wildman–Crippen LogP) is 3.38. The summed E-state index contributed by atoms with van der Waals surface area (Å²) in [5.74, 6) is -2.10. The van der Waals surface area contributed by atoms with Gasteiger partial charge in [0.15, 0.2) is 0 Å². The fraction of sp³-hybridized carbons (Fsp3) is 0.286. The van der Waals surface area contributed by atoms with Crippen molar-refractivity contribution in [2.75, 3.05) is 13.7 Å². The lowest BCUT2D eigenvalue weighted by Crippen LogP contribution is -2.63. The smallest absolute Gasteiger partial charge is 0.442 e. The Hall–Kier alpha value is -3.36. The zero-order chi connectivity index (χ0) is 21.9. The minimum absolute atomic E-state index is 0.0306. The summed E-state index contributed by atoms with van der Waals surface area (Å²) >= 11 is 0. The van der Waals surface area contributed by atoms with Crippen LogP contribution in [0.3, 0.4) is 0 Å². The first-order chi connectivity index (χ1) is 14.2. The van der Waals surface area contributed by atoms with Crippen LogP contribution in [0.2, 0.25) is 0 Å². The highest BCUT2D eigenvalue weighted by Gasteiger charge is 2.67. The third kappa shape index (κ3) is 3.74. The number of carbonyl (C=O) groups is 2. The number of hydrogen-bond acceptors (Lipinski definition) is 4. The maximum Gasteiger partial charge on any atom is 0.442 e. The zero-order valence-electron chi connectivity index (χ0n) is 16.4. The molecule has 0 saturated carbocycles. The average molecular weight is 419 g/mol. The maximum atomic E-state index is 14.2. The van der Waals surface area contributed by atoms with Gasteiger partial charge in [0.1, 0.15) is 11.6 Å². The van der Waals surface area contributed by atoms with Crippen LogP contribution in [0.15, 0.2) is 59.6 Å². The molecule has 0 aliphatic carbocycles. The van der Waals surface area contributed by atoms with Gasteiger partial charge in [0, 0.05) is 17.7 Å². The number of halogens is 3. The first-order valence-electron chi connectivity index (χ1n) is 9.24. The summed E-state index contributed by atoms with van der Waals surface area (Å²) in [5, 5.41) is 1.84. The van der Waals surface area contributed by atoms with Gasteiger partial charge in [-0.05, 0) is 30.7 Å². The van der Waals surface area contributed by atoms with Crippen LogP contribution in [0.25, 0.3) is 0 Å². The van der Waals surface area contributed by atoms with Crippen LogP contribution in [-0.4, -0.2) is 48.0 Å². The summed E-state index contributed by atoms with van der Waals surface area (Å²) in [6.45, 7) is 1.77. The van der Waals surface area contributed by atoms with Gasteiger partial charge in [-0.25, -0.2) is 4.99 Å². The first kappa shape index (κ1) is 21.4. The van der Waals surface area contributed by atoms with Crippen molar-refractivity contribution >= 4 is 17.6 Å². The van der Waals surface area contributed by atoms with E-state index >= 15 is 0 Å². The molecule has 158 valence electrons. The van der Waals surface area contributed by atoms with Crippen molar-refractivity contribution in [3.8, 4) is 5.75 Å². The number of nitrogens with zero attached hydrogens (tertiary/aromatic N) is 2. The Morgan fingerprint density at radius 2 is 1.77 bits per heavy atom. The van der Waals surface area contributed by atoms with E-state index in [2.05, 4.69) is 4.99 Å². The van der Waals surface area contributed by atoms with Gasteiger partial charge in [-0.3, -0.25) is 14.5 Å². The number of ether oxygens (including phenoxy) is 1. The second kappa shape index (κ2) is 8.17. The number of nitrogens with one attached hydrogen (secondary N) is 1. The van der Waals surface area contributed by atoms with Gasteiger partial charge >= 0.3 is 11.8 Å². The number of benzene rings is 2. The Morgan fingerprint density at radius 3 is 2.30 bits per heavy atom. The molecule has 1 aliphatic heterocycles. The van der Waals surface area contributed by atoms with E-state index in [0.717, 1.165) is 4.90 Å². The van der Waals surface area contributed by atoms with E-state index in [4.69, 9.17) is 4.74 Å². The number of aliphatic imine (C=N–C) groups is 1. The minimum atomic E-state index is -5.14. The van der Waals surface area contributed by atoms with Crippen molar-refractivity contribution in [2.24, 2.45) is 4.99 Å². The van der Waals surface area contributed by atoms with Crippen molar-refractivity contribution in [3.63, 3.8) is 0 Å². The van der Waals surface area contributed by atoms with Crippen LogP contribution in [-0.2, 0) is 4.79 Å². The Morgan fingerprint density at radius 1 is 1.13 bits per heavy atom. The quantitative estimate of drug-likeness (QED) is 0.780. The summed E-state index contributed by atoms with van der Waals surface area (Å²) in [6.07, 6.45) is -4.73. The molecule has 3 rings (SSSR count). The number of amidine groups is 1. The van der Waals surface area contributed by atoms with E-state index in [1.165, 1.54) is 31.4 Å². The van der Waals surface area contributed by atoms with Crippen molar-refractivity contribution in [1.29, 1.82) is 0 Å². The molecule has 30 heavy (non-hydrogen) atoms. The molecular formula is C21H20F3N3O3. The molecule has 1 atom stereocenters. The third-order valence-electron chi connectivity index (χ3n) is 4.62. The van der Waals surface area contributed by atoms with Crippen LogP contribution < -0.4 is 10.1 Å². The average Bonchev–Trinajstić information content (AvgIpc) is 3.02. The molecule has 0 bridgehead atoms. The summed E-state index contributed by atoms with van der Waals surface area (Å²) in [4.78, 5) is 30.3. The van der Waals surface area contributed by atoms with Gasteiger partial charge in [-0.2, -0.15) is 13.2 Å². The summed E-state index contributed by atoms with van der Waals surface area (Å²) in [6, 6.07) is 13.6.